The van der Waals surface area contributed by atoms with E-state index in [0.29, 0.717) is 5.69 Å². The summed E-state index contributed by atoms with van der Waals surface area (Å²) in [6.45, 7) is 1.36. The summed E-state index contributed by atoms with van der Waals surface area (Å²) in [7, 11) is 0. The van der Waals surface area contributed by atoms with Gasteiger partial charge in [-0.1, -0.05) is 23.8 Å². The first-order valence-corrected chi connectivity index (χ1v) is 11.5. The number of rotatable bonds is 6. The van der Waals surface area contributed by atoms with Crippen LogP contribution in [-0.4, -0.2) is 24.4 Å². The first-order chi connectivity index (χ1) is 16.3. The van der Waals surface area contributed by atoms with E-state index in [9.17, 15) is 23.2 Å². The molecule has 0 radical (unpaired) electrons. The SMILES string of the molecule is Cc1ccc(N2C(=O)CC[C@@H](C(=O)OCC(=O)Nc3ccc(F)c(F)c3)[C@H]2c2cccs2)cc1. The van der Waals surface area contributed by atoms with Gasteiger partial charge in [-0.15, -0.1) is 11.3 Å². The highest BCUT2D eigenvalue weighted by atomic mass is 32.1. The van der Waals surface area contributed by atoms with E-state index in [1.807, 2.05) is 48.7 Å². The minimum absolute atomic E-state index is 0.0465. The van der Waals surface area contributed by atoms with E-state index >= 15 is 0 Å². The van der Waals surface area contributed by atoms with Gasteiger partial charge in [0.15, 0.2) is 18.2 Å². The van der Waals surface area contributed by atoms with Gasteiger partial charge in [0.1, 0.15) is 0 Å². The molecular weight excluding hydrogens is 462 g/mol. The lowest BCUT2D eigenvalue weighted by molar-refractivity contribution is -0.153. The zero-order valence-electron chi connectivity index (χ0n) is 18.3. The van der Waals surface area contributed by atoms with E-state index in [1.165, 1.54) is 17.4 Å². The van der Waals surface area contributed by atoms with Gasteiger partial charge >= 0.3 is 5.97 Å². The molecule has 9 heteroatoms. The maximum atomic E-state index is 13.4. The molecule has 2 amide bonds. The summed E-state index contributed by atoms with van der Waals surface area (Å²) in [6, 6.07) is 13.6. The molecule has 1 aliphatic heterocycles. The van der Waals surface area contributed by atoms with Crippen molar-refractivity contribution in [1.29, 1.82) is 0 Å². The molecule has 1 N–H and O–H groups in total. The number of hydrogen-bond acceptors (Lipinski definition) is 5. The standard InChI is InChI=1S/C25H22F2N2O4S/c1-15-4-7-17(8-5-15)29-23(31)11-9-18(24(29)21-3-2-12-34-21)25(32)33-14-22(30)28-16-6-10-19(26)20(27)13-16/h2-8,10,12-13,18,24H,9,11,14H2,1H3,(H,28,30)/t18-,24+/m1/s1. The van der Waals surface area contributed by atoms with E-state index in [-0.39, 0.29) is 24.4 Å². The van der Waals surface area contributed by atoms with Gasteiger partial charge in [0.2, 0.25) is 5.91 Å². The Kier molecular flexibility index (Phi) is 7.02. The van der Waals surface area contributed by atoms with Gasteiger partial charge < -0.3 is 15.0 Å². The number of nitrogens with zero attached hydrogens (tertiary/aromatic N) is 1. The maximum absolute atomic E-state index is 13.4. The summed E-state index contributed by atoms with van der Waals surface area (Å²) >= 11 is 1.44. The highest BCUT2D eigenvalue weighted by molar-refractivity contribution is 7.10. The molecule has 1 aromatic heterocycles. The van der Waals surface area contributed by atoms with Crippen molar-refractivity contribution in [2.45, 2.75) is 25.8 Å². The van der Waals surface area contributed by atoms with Crippen LogP contribution in [0, 0.1) is 24.5 Å². The fourth-order valence-corrected chi connectivity index (χ4v) is 4.83. The average molecular weight is 485 g/mol. The zero-order valence-corrected chi connectivity index (χ0v) is 19.1. The van der Waals surface area contributed by atoms with Gasteiger partial charge in [-0.3, -0.25) is 14.4 Å². The van der Waals surface area contributed by atoms with E-state index in [0.717, 1.165) is 22.6 Å². The first kappa shape index (κ1) is 23.6. The molecule has 0 unspecified atom stereocenters. The summed E-state index contributed by atoms with van der Waals surface area (Å²) in [6.07, 6.45) is 0.448. The highest BCUT2D eigenvalue weighted by Gasteiger charge is 2.43. The Bertz CT molecular complexity index is 1200. The summed E-state index contributed by atoms with van der Waals surface area (Å²) in [5, 5.41) is 4.24. The van der Waals surface area contributed by atoms with Crippen molar-refractivity contribution in [3.63, 3.8) is 0 Å². The van der Waals surface area contributed by atoms with Gasteiger partial charge in [0, 0.05) is 28.7 Å². The number of esters is 1. The molecular formula is C25H22F2N2O4S. The molecule has 4 rings (SSSR count). The number of halogens is 2. The first-order valence-electron chi connectivity index (χ1n) is 10.7. The topological polar surface area (TPSA) is 75.7 Å². The molecule has 0 bridgehead atoms. The molecule has 1 saturated heterocycles. The van der Waals surface area contributed by atoms with Crippen molar-refractivity contribution in [3.8, 4) is 0 Å². The number of carbonyl (C=O) groups excluding carboxylic acids is 3. The Hall–Kier alpha value is -3.59. The number of carbonyl (C=O) groups is 3. The number of anilines is 2. The van der Waals surface area contributed by atoms with Crippen molar-refractivity contribution in [1.82, 2.24) is 0 Å². The third kappa shape index (κ3) is 5.14. The van der Waals surface area contributed by atoms with Crippen LogP contribution in [0.3, 0.4) is 0 Å². The Morgan fingerprint density at radius 2 is 1.88 bits per heavy atom. The van der Waals surface area contributed by atoms with Crippen molar-refractivity contribution in [2.24, 2.45) is 5.92 Å². The highest BCUT2D eigenvalue weighted by Crippen LogP contribution is 2.42. The minimum Gasteiger partial charge on any atom is -0.455 e. The number of piperidine rings is 1. The number of thiophene rings is 1. The number of ether oxygens (including phenoxy) is 1. The Balaban J connectivity index is 1.50. The van der Waals surface area contributed by atoms with Crippen LogP contribution in [0.25, 0.3) is 0 Å². The molecule has 0 saturated carbocycles. The lowest BCUT2D eigenvalue weighted by Gasteiger charge is -2.39. The van der Waals surface area contributed by atoms with Gasteiger partial charge in [-0.25, -0.2) is 8.78 Å². The molecule has 2 aromatic carbocycles. The van der Waals surface area contributed by atoms with Gasteiger partial charge in [0.25, 0.3) is 5.91 Å². The third-order valence-electron chi connectivity index (χ3n) is 5.60. The summed E-state index contributed by atoms with van der Waals surface area (Å²) in [4.78, 5) is 40.7. The van der Waals surface area contributed by atoms with E-state index < -0.39 is 42.1 Å². The largest absolute Gasteiger partial charge is 0.455 e. The van der Waals surface area contributed by atoms with Crippen LogP contribution in [0.2, 0.25) is 0 Å². The molecule has 2 atom stereocenters. The van der Waals surface area contributed by atoms with Crippen LogP contribution >= 0.6 is 11.3 Å². The maximum Gasteiger partial charge on any atom is 0.311 e. The second-order valence-corrected chi connectivity index (χ2v) is 8.97. The molecule has 34 heavy (non-hydrogen) atoms. The molecule has 1 aliphatic rings. The lowest BCUT2D eigenvalue weighted by Crippen LogP contribution is -2.46. The van der Waals surface area contributed by atoms with Gasteiger partial charge in [-0.2, -0.15) is 0 Å². The molecule has 6 nitrogen and oxygen atoms in total. The van der Waals surface area contributed by atoms with Crippen LogP contribution in [0.5, 0.6) is 0 Å². The Labute approximate surface area is 199 Å². The minimum atomic E-state index is -1.10. The molecule has 1 fully saturated rings. The van der Waals surface area contributed by atoms with Gasteiger partial charge in [-0.05, 0) is 49.1 Å². The normalized spacial score (nSPS) is 18.0. The fourth-order valence-electron chi connectivity index (χ4n) is 3.95. The van der Waals surface area contributed by atoms with Crippen molar-refractivity contribution >= 4 is 40.5 Å². The zero-order chi connectivity index (χ0) is 24.2. The fraction of sp³-hybridized carbons (Fsp3) is 0.240. The quantitative estimate of drug-likeness (QED) is 0.500. The number of benzene rings is 2. The van der Waals surface area contributed by atoms with Crippen LogP contribution < -0.4 is 10.2 Å². The molecule has 2 heterocycles. The lowest BCUT2D eigenvalue weighted by atomic mass is 9.87. The van der Waals surface area contributed by atoms with Crippen molar-refractivity contribution < 1.29 is 27.9 Å². The second-order valence-electron chi connectivity index (χ2n) is 7.99. The van der Waals surface area contributed by atoms with Crippen molar-refractivity contribution in [2.75, 3.05) is 16.8 Å². The number of aryl methyl sites for hydroxylation is 1. The van der Waals surface area contributed by atoms with Crippen molar-refractivity contribution in [3.05, 3.63) is 82.1 Å². The van der Waals surface area contributed by atoms with Crippen LogP contribution in [0.4, 0.5) is 20.2 Å². The number of hydrogen-bond donors (Lipinski definition) is 1. The van der Waals surface area contributed by atoms with E-state index in [1.54, 1.807) is 4.90 Å². The predicted molar refractivity (Wildman–Crippen MR) is 124 cm³/mol. The van der Waals surface area contributed by atoms with Crippen LogP contribution in [0.15, 0.2) is 60.0 Å². The summed E-state index contributed by atoms with van der Waals surface area (Å²) in [5.41, 5.74) is 1.77. The van der Waals surface area contributed by atoms with Crippen LogP contribution in [-0.2, 0) is 19.1 Å². The summed E-state index contributed by atoms with van der Waals surface area (Å²) in [5.74, 6) is -4.19. The van der Waals surface area contributed by atoms with E-state index in [4.69, 9.17) is 4.74 Å². The molecule has 0 spiro atoms. The summed E-state index contributed by atoms with van der Waals surface area (Å²) < 4.78 is 31.7. The number of amides is 2. The molecule has 3 aromatic rings. The van der Waals surface area contributed by atoms with Crippen LogP contribution in [0.1, 0.15) is 29.3 Å². The molecule has 176 valence electrons. The molecule has 0 aliphatic carbocycles. The monoisotopic (exact) mass is 484 g/mol. The third-order valence-corrected chi connectivity index (χ3v) is 6.54. The predicted octanol–water partition coefficient (Wildman–Crippen LogP) is 5.00. The van der Waals surface area contributed by atoms with Gasteiger partial charge in [0.05, 0.1) is 12.0 Å². The second kappa shape index (κ2) is 10.1. The number of nitrogens with one attached hydrogen (secondary N) is 1. The average Bonchev–Trinajstić information content (AvgIpc) is 3.35. The smallest absolute Gasteiger partial charge is 0.311 e. The van der Waals surface area contributed by atoms with E-state index in [2.05, 4.69) is 5.32 Å². The Morgan fingerprint density at radius 3 is 2.56 bits per heavy atom. The Morgan fingerprint density at radius 1 is 1.12 bits per heavy atom.